The van der Waals surface area contributed by atoms with E-state index in [2.05, 4.69) is 10.6 Å². The van der Waals surface area contributed by atoms with Gasteiger partial charge in [-0.15, -0.1) is 0 Å². The highest BCUT2D eigenvalue weighted by atomic mass is 16.6. The second kappa shape index (κ2) is 8.31. The summed E-state index contributed by atoms with van der Waals surface area (Å²) in [5.41, 5.74) is -0.477. The largest absolute Gasteiger partial charge is 0.444 e. The van der Waals surface area contributed by atoms with Crippen LogP contribution in [0.1, 0.15) is 53.4 Å². The summed E-state index contributed by atoms with van der Waals surface area (Å²) in [4.78, 5) is 12.0. The van der Waals surface area contributed by atoms with Gasteiger partial charge in [0.25, 0.3) is 0 Å². The second-order valence-corrected chi connectivity index (χ2v) is 7.41. The van der Waals surface area contributed by atoms with Gasteiger partial charge in [0, 0.05) is 25.9 Å². The van der Waals surface area contributed by atoms with Crippen molar-refractivity contribution >= 4 is 6.09 Å². The van der Waals surface area contributed by atoms with Crippen LogP contribution in [0.4, 0.5) is 4.79 Å². The predicted molar refractivity (Wildman–Crippen MR) is 88.6 cm³/mol. The van der Waals surface area contributed by atoms with Crippen molar-refractivity contribution in [1.29, 1.82) is 0 Å². The summed E-state index contributed by atoms with van der Waals surface area (Å²) in [7, 11) is 0. The highest BCUT2D eigenvalue weighted by Crippen LogP contribution is 2.26. The van der Waals surface area contributed by atoms with Crippen LogP contribution in [0.2, 0.25) is 0 Å². The van der Waals surface area contributed by atoms with Gasteiger partial charge in [0.1, 0.15) is 5.60 Å². The summed E-state index contributed by atoms with van der Waals surface area (Å²) in [5, 5.41) is 6.65. The molecule has 1 saturated heterocycles. The van der Waals surface area contributed by atoms with Crippen LogP contribution in [0, 0.1) is 0 Å². The average Bonchev–Trinajstić information content (AvgIpc) is 2.70. The topological polar surface area (TPSA) is 68.8 Å². The Morgan fingerprint density at radius 1 is 1.26 bits per heavy atom. The molecule has 0 spiro atoms. The third kappa shape index (κ3) is 5.94. The molecular weight excluding hydrogens is 296 g/mol. The molecule has 2 N–H and O–H groups in total. The van der Waals surface area contributed by atoms with Gasteiger partial charge >= 0.3 is 6.09 Å². The van der Waals surface area contributed by atoms with E-state index in [1.165, 1.54) is 0 Å². The number of hydrogen-bond acceptors (Lipinski definition) is 5. The van der Waals surface area contributed by atoms with E-state index >= 15 is 0 Å². The van der Waals surface area contributed by atoms with Crippen LogP contribution in [0.15, 0.2) is 0 Å². The molecule has 134 valence electrons. The zero-order valence-electron chi connectivity index (χ0n) is 14.9. The van der Waals surface area contributed by atoms with Gasteiger partial charge in [-0.25, -0.2) is 4.79 Å². The summed E-state index contributed by atoms with van der Waals surface area (Å²) < 4.78 is 16.7. The third-order valence-electron chi connectivity index (χ3n) is 4.28. The molecule has 2 rings (SSSR count). The molecule has 0 aromatic rings. The third-order valence-corrected chi connectivity index (χ3v) is 4.28. The van der Waals surface area contributed by atoms with Gasteiger partial charge < -0.3 is 24.8 Å². The highest BCUT2D eigenvalue weighted by molar-refractivity contribution is 5.68. The Bertz CT molecular complexity index is 375. The summed E-state index contributed by atoms with van der Waals surface area (Å²) in [6, 6.07) is 0.629. The van der Waals surface area contributed by atoms with E-state index in [0.717, 1.165) is 38.9 Å². The molecule has 0 radical (unpaired) electrons. The van der Waals surface area contributed by atoms with Gasteiger partial charge in [-0.3, -0.25) is 0 Å². The van der Waals surface area contributed by atoms with E-state index in [1.807, 2.05) is 27.7 Å². The molecule has 6 heteroatoms. The predicted octanol–water partition coefficient (Wildman–Crippen LogP) is 2.22. The Morgan fingerprint density at radius 2 is 2.04 bits per heavy atom. The SMILES string of the molecule is CCOC1CC(NC(=O)OC(C)(C)C)C1NC1CCCOCC1. The standard InChI is InChI=1S/C17H32N2O4/c1-5-22-14-11-13(19-16(20)23-17(2,3)4)15(14)18-12-7-6-9-21-10-8-12/h12-15,18H,5-11H2,1-4H3,(H,19,20). The smallest absolute Gasteiger partial charge is 0.407 e. The van der Waals surface area contributed by atoms with Gasteiger partial charge in [-0.2, -0.15) is 0 Å². The maximum absolute atomic E-state index is 12.0. The first kappa shape index (κ1) is 18.5. The van der Waals surface area contributed by atoms with Gasteiger partial charge in [0.2, 0.25) is 0 Å². The maximum Gasteiger partial charge on any atom is 0.407 e. The van der Waals surface area contributed by atoms with E-state index in [1.54, 1.807) is 0 Å². The van der Waals surface area contributed by atoms with Crippen molar-refractivity contribution < 1.29 is 19.0 Å². The minimum absolute atomic E-state index is 0.0607. The van der Waals surface area contributed by atoms with Gasteiger partial charge in [-0.1, -0.05) is 0 Å². The molecule has 1 aliphatic heterocycles. The molecule has 1 aliphatic carbocycles. The molecule has 6 nitrogen and oxygen atoms in total. The summed E-state index contributed by atoms with van der Waals surface area (Å²) in [6.07, 6.45) is 3.82. The van der Waals surface area contributed by atoms with Crippen molar-refractivity contribution in [3.63, 3.8) is 0 Å². The molecule has 1 saturated carbocycles. The molecule has 0 bridgehead atoms. The second-order valence-electron chi connectivity index (χ2n) is 7.41. The zero-order chi connectivity index (χ0) is 16.9. The normalized spacial score (nSPS) is 31.8. The molecular formula is C17H32N2O4. The van der Waals surface area contributed by atoms with Crippen molar-refractivity contribution in [3.8, 4) is 0 Å². The molecule has 2 aliphatic rings. The first-order valence-electron chi connectivity index (χ1n) is 8.84. The molecule has 0 aromatic carbocycles. The number of carbonyl (C=O) groups is 1. The lowest BCUT2D eigenvalue weighted by molar-refractivity contribution is -0.0472. The molecule has 4 unspecified atom stereocenters. The van der Waals surface area contributed by atoms with Crippen molar-refractivity contribution in [3.05, 3.63) is 0 Å². The lowest BCUT2D eigenvalue weighted by Crippen LogP contribution is -2.67. The number of nitrogens with one attached hydrogen (secondary N) is 2. The van der Waals surface area contributed by atoms with Crippen molar-refractivity contribution in [2.24, 2.45) is 0 Å². The number of rotatable bonds is 5. The minimum atomic E-state index is -0.477. The molecule has 2 fully saturated rings. The first-order chi connectivity index (χ1) is 10.9. The number of hydrogen-bond donors (Lipinski definition) is 2. The average molecular weight is 328 g/mol. The van der Waals surface area contributed by atoms with Crippen LogP contribution in [0.3, 0.4) is 0 Å². The number of alkyl carbamates (subject to hydrolysis) is 1. The molecule has 4 atom stereocenters. The van der Waals surface area contributed by atoms with Crippen molar-refractivity contribution in [2.75, 3.05) is 19.8 Å². The van der Waals surface area contributed by atoms with Crippen LogP contribution < -0.4 is 10.6 Å². The van der Waals surface area contributed by atoms with E-state index in [-0.39, 0.29) is 24.3 Å². The summed E-state index contributed by atoms with van der Waals surface area (Å²) >= 11 is 0. The van der Waals surface area contributed by atoms with Crippen molar-refractivity contribution in [2.45, 2.75) is 83.2 Å². The Balaban J connectivity index is 1.87. The number of ether oxygens (including phenoxy) is 3. The van der Waals surface area contributed by atoms with Crippen LogP contribution in [0.5, 0.6) is 0 Å². The van der Waals surface area contributed by atoms with E-state index < -0.39 is 5.60 Å². The maximum atomic E-state index is 12.0. The van der Waals surface area contributed by atoms with Crippen LogP contribution in [-0.4, -0.2) is 55.7 Å². The molecule has 23 heavy (non-hydrogen) atoms. The molecule has 1 heterocycles. The fourth-order valence-corrected chi connectivity index (χ4v) is 3.17. The van der Waals surface area contributed by atoms with E-state index in [0.29, 0.717) is 12.6 Å². The Labute approximate surface area is 139 Å². The molecule has 1 amide bonds. The fourth-order valence-electron chi connectivity index (χ4n) is 3.17. The summed E-state index contributed by atoms with van der Waals surface area (Å²) in [5.74, 6) is 0. The number of amides is 1. The van der Waals surface area contributed by atoms with Crippen molar-refractivity contribution in [1.82, 2.24) is 10.6 Å². The first-order valence-corrected chi connectivity index (χ1v) is 8.84. The van der Waals surface area contributed by atoms with Crippen LogP contribution in [-0.2, 0) is 14.2 Å². The van der Waals surface area contributed by atoms with Crippen LogP contribution in [0.25, 0.3) is 0 Å². The van der Waals surface area contributed by atoms with Gasteiger partial charge in [-0.05, 0) is 53.4 Å². The monoisotopic (exact) mass is 328 g/mol. The Hall–Kier alpha value is -0.850. The fraction of sp³-hybridized carbons (Fsp3) is 0.941. The minimum Gasteiger partial charge on any atom is -0.444 e. The van der Waals surface area contributed by atoms with Gasteiger partial charge in [0.15, 0.2) is 0 Å². The zero-order valence-corrected chi connectivity index (χ0v) is 14.9. The molecule has 0 aromatic heterocycles. The summed E-state index contributed by atoms with van der Waals surface area (Å²) in [6.45, 7) is 9.96. The van der Waals surface area contributed by atoms with E-state index in [4.69, 9.17) is 14.2 Å². The lowest BCUT2D eigenvalue weighted by Gasteiger charge is -2.46. The van der Waals surface area contributed by atoms with Crippen LogP contribution >= 0.6 is 0 Å². The number of carbonyl (C=O) groups excluding carboxylic acids is 1. The Kier molecular flexibility index (Phi) is 6.68. The highest BCUT2D eigenvalue weighted by Gasteiger charge is 2.44. The Morgan fingerprint density at radius 3 is 2.74 bits per heavy atom. The van der Waals surface area contributed by atoms with Gasteiger partial charge in [0.05, 0.1) is 18.2 Å². The lowest BCUT2D eigenvalue weighted by atomic mass is 9.81. The van der Waals surface area contributed by atoms with E-state index in [9.17, 15) is 4.79 Å². The quantitative estimate of drug-likeness (QED) is 0.810.